The zero-order valence-corrected chi connectivity index (χ0v) is 28.7. The molecular formula is C37H43FINO4. The number of hydrogen-bond donors (Lipinski definition) is 0. The normalized spacial score (nSPS) is 22.2. The predicted octanol–water partition coefficient (Wildman–Crippen LogP) is 9.04. The molecule has 1 fully saturated rings. The number of nitrogens with zero attached hydrogens (tertiary/aromatic N) is 1. The molecule has 44 heavy (non-hydrogen) atoms. The summed E-state index contributed by atoms with van der Waals surface area (Å²) in [6.07, 6.45) is 8.36. The third kappa shape index (κ3) is 5.97. The molecule has 0 saturated heterocycles. The molecule has 3 aliphatic carbocycles. The molecule has 6 rings (SSSR count). The summed E-state index contributed by atoms with van der Waals surface area (Å²) in [4.78, 5) is 31.0. The first-order chi connectivity index (χ1) is 20.9. The van der Waals surface area contributed by atoms with E-state index in [2.05, 4.69) is 61.3 Å². The first kappa shape index (κ1) is 31.3. The van der Waals surface area contributed by atoms with E-state index in [-0.39, 0.29) is 34.8 Å². The number of Topliss-reactive ketones (excluding diaryl/α,β-unsaturated/α-hetero) is 2. The Hall–Kier alpha value is -2.68. The van der Waals surface area contributed by atoms with Crippen molar-refractivity contribution >= 4 is 34.2 Å². The first-order valence-corrected chi connectivity index (χ1v) is 17.0. The SMILES string of the molecule is COc1cc(C2C3=C(CC(C)(C)CC3=O)N(C3CCCCC3)C3=C2C(=O)CC(C)(C)C3)cc(I)c1OCc1ccc(F)cc1. The van der Waals surface area contributed by atoms with Crippen LogP contribution in [0, 0.1) is 20.2 Å². The summed E-state index contributed by atoms with van der Waals surface area (Å²) in [5.74, 6) is 0.731. The number of ether oxygens (including phenoxy) is 2. The Morgan fingerprint density at radius 3 is 1.98 bits per heavy atom. The highest BCUT2D eigenvalue weighted by atomic mass is 127. The molecule has 0 spiro atoms. The number of allylic oxidation sites excluding steroid dienone is 4. The molecule has 5 nitrogen and oxygen atoms in total. The molecule has 1 saturated carbocycles. The Bertz CT molecular complexity index is 1490. The van der Waals surface area contributed by atoms with E-state index in [0.717, 1.165) is 62.9 Å². The summed E-state index contributed by atoms with van der Waals surface area (Å²) in [6, 6.07) is 10.6. The van der Waals surface area contributed by atoms with Crippen molar-refractivity contribution in [3.05, 3.63) is 79.5 Å². The van der Waals surface area contributed by atoms with Gasteiger partial charge in [-0.05, 0) is 94.5 Å². The van der Waals surface area contributed by atoms with Gasteiger partial charge in [0.05, 0.1) is 10.7 Å². The van der Waals surface area contributed by atoms with E-state index in [9.17, 15) is 14.0 Å². The molecular weight excluding hydrogens is 668 g/mol. The minimum atomic E-state index is -0.430. The second kappa shape index (κ2) is 11.9. The van der Waals surface area contributed by atoms with Gasteiger partial charge in [0.15, 0.2) is 23.1 Å². The number of hydrogen-bond acceptors (Lipinski definition) is 5. The maximum Gasteiger partial charge on any atom is 0.174 e. The number of carbonyl (C=O) groups is 2. The molecule has 0 amide bonds. The molecule has 1 heterocycles. The summed E-state index contributed by atoms with van der Waals surface area (Å²) in [5, 5.41) is 0. The van der Waals surface area contributed by atoms with Gasteiger partial charge in [-0.15, -0.1) is 0 Å². The minimum Gasteiger partial charge on any atom is -0.493 e. The maximum atomic E-state index is 14.3. The number of rotatable bonds is 6. The van der Waals surface area contributed by atoms with Gasteiger partial charge in [0.25, 0.3) is 0 Å². The molecule has 234 valence electrons. The number of benzene rings is 2. The van der Waals surface area contributed by atoms with Gasteiger partial charge in [0.1, 0.15) is 12.4 Å². The summed E-state index contributed by atoms with van der Waals surface area (Å²) in [7, 11) is 1.61. The quantitative estimate of drug-likeness (QED) is 0.280. The van der Waals surface area contributed by atoms with Crippen molar-refractivity contribution in [1.82, 2.24) is 4.90 Å². The number of methoxy groups -OCH3 is 1. The second-order valence-electron chi connectivity index (χ2n) is 14.6. The van der Waals surface area contributed by atoms with Gasteiger partial charge in [0, 0.05) is 47.3 Å². The van der Waals surface area contributed by atoms with Gasteiger partial charge in [0.2, 0.25) is 0 Å². The van der Waals surface area contributed by atoms with E-state index in [1.807, 2.05) is 6.07 Å². The van der Waals surface area contributed by atoms with Gasteiger partial charge in [-0.2, -0.15) is 0 Å². The van der Waals surface area contributed by atoms with Crippen molar-refractivity contribution in [2.45, 2.75) is 104 Å². The van der Waals surface area contributed by atoms with E-state index in [4.69, 9.17) is 9.47 Å². The van der Waals surface area contributed by atoms with Crippen LogP contribution in [0.3, 0.4) is 0 Å². The van der Waals surface area contributed by atoms with Crippen molar-refractivity contribution in [2.75, 3.05) is 7.11 Å². The first-order valence-electron chi connectivity index (χ1n) is 15.9. The Labute approximate surface area is 274 Å². The third-order valence-corrected chi connectivity index (χ3v) is 10.6. The molecule has 2 aromatic carbocycles. The van der Waals surface area contributed by atoms with Gasteiger partial charge >= 0.3 is 0 Å². The highest BCUT2D eigenvalue weighted by molar-refractivity contribution is 14.1. The van der Waals surface area contributed by atoms with E-state index >= 15 is 0 Å². The Balaban J connectivity index is 1.50. The number of carbonyl (C=O) groups excluding carboxylic acids is 2. The molecule has 0 radical (unpaired) electrons. The fraction of sp³-hybridized carbons (Fsp3) is 0.514. The van der Waals surface area contributed by atoms with Crippen molar-refractivity contribution in [3.8, 4) is 11.5 Å². The summed E-state index contributed by atoms with van der Waals surface area (Å²) < 4.78 is 26.4. The van der Waals surface area contributed by atoms with Crippen molar-refractivity contribution in [3.63, 3.8) is 0 Å². The van der Waals surface area contributed by atoms with Crippen LogP contribution in [0.1, 0.15) is 103 Å². The van der Waals surface area contributed by atoms with Crippen LogP contribution in [0.25, 0.3) is 0 Å². The van der Waals surface area contributed by atoms with E-state index in [1.165, 1.54) is 31.4 Å². The highest BCUT2D eigenvalue weighted by Gasteiger charge is 2.50. The van der Waals surface area contributed by atoms with Crippen LogP contribution >= 0.6 is 22.6 Å². The topological polar surface area (TPSA) is 55.8 Å². The molecule has 0 unspecified atom stereocenters. The predicted molar refractivity (Wildman–Crippen MR) is 178 cm³/mol. The van der Waals surface area contributed by atoms with Crippen LogP contribution in [0.5, 0.6) is 11.5 Å². The molecule has 0 N–H and O–H groups in total. The van der Waals surface area contributed by atoms with Crippen molar-refractivity contribution < 1.29 is 23.5 Å². The highest BCUT2D eigenvalue weighted by Crippen LogP contribution is 2.56. The molecule has 2 aromatic rings. The molecule has 0 bridgehead atoms. The zero-order chi connectivity index (χ0) is 31.4. The Morgan fingerprint density at radius 1 is 0.864 bits per heavy atom. The molecule has 4 aliphatic rings. The van der Waals surface area contributed by atoms with Crippen LogP contribution in [0.4, 0.5) is 4.39 Å². The van der Waals surface area contributed by atoms with Crippen molar-refractivity contribution in [1.29, 1.82) is 0 Å². The van der Waals surface area contributed by atoms with Crippen LogP contribution in [0.2, 0.25) is 0 Å². The van der Waals surface area contributed by atoms with Crippen molar-refractivity contribution in [2.24, 2.45) is 10.8 Å². The average molecular weight is 712 g/mol. The van der Waals surface area contributed by atoms with Crippen LogP contribution in [-0.2, 0) is 16.2 Å². The average Bonchev–Trinajstić information content (AvgIpc) is 2.95. The number of ketones is 2. The smallest absolute Gasteiger partial charge is 0.174 e. The number of halogens is 2. The van der Waals surface area contributed by atoms with Gasteiger partial charge in [-0.3, -0.25) is 9.59 Å². The summed E-state index contributed by atoms with van der Waals surface area (Å²) in [6.45, 7) is 9.05. The Morgan fingerprint density at radius 2 is 1.43 bits per heavy atom. The van der Waals surface area contributed by atoms with Crippen LogP contribution < -0.4 is 9.47 Å². The maximum absolute atomic E-state index is 14.3. The summed E-state index contributed by atoms with van der Waals surface area (Å²) >= 11 is 2.26. The molecule has 0 atom stereocenters. The van der Waals surface area contributed by atoms with E-state index < -0.39 is 5.92 Å². The monoisotopic (exact) mass is 711 g/mol. The standard InChI is InChI=1S/C37H43FINO4/c1-36(2)17-27-33(29(41)19-36)32(34-28(18-37(3,4)20-30(34)42)40(27)25-9-7-6-8-10-25)23-15-26(39)35(31(16-23)43-5)44-21-22-11-13-24(38)14-12-22/h11-16,25,32H,6-10,17-21H2,1-5H3. The van der Waals surface area contributed by atoms with Gasteiger partial charge in [-0.1, -0.05) is 59.1 Å². The third-order valence-electron chi connectivity index (χ3n) is 9.77. The van der Waals surface area contributed by atoms with E-state index in [1.54, 1.807) is 19.2 Å². The van der Waals surface area contributed by atoms with Crippen LogP contribution in [0.15, 0.2) is 58.9 Å². The van der Waals surface area contributed by atoms with Gasteiger partial charge < -0.3 is 14.4 Å². The minimum absolute atomic E-state index is 0.149. The summed E-state index contributed by atoms with van der Waals surface area (Å²) in [5.41, 5.74) is 5.33. The molecule has 0 aromatic heterocycles. The fourth-order valence-corrected chi connectivity index (χ4v) is 8.67. The van der Waals surface area contributed by atoms with Crippen LogP contribution in [-0.4, -0.2) is 29.6 Å². The Kier molecular flexibility index (Phi) is 8.48. The lowest BCUT2D eigenvalue weighted by Crippen LogP contribution is -2.48. The molecule has 1 aliphatic heterocycles. The largest absolute Gasteiger partial charge is 0.493 e. The zero-order valence-electron chi connectivity index (χ0n) is 26.5. The fourth-order valence-electron chi connectivity index (χ4n) is 7.89. The molecule has 7 heteroatoms. The van der Waals surface area contributed by atoms with Gasteiger partial charge in [-0.25, -0.2) is 4.39 Å². The lowest BCUT2D eigenvalue weighted by molar-refractivity contribution is -0.119. The lowest BCUT2D eigenvalue weighted by Gasteiger charge is -2.52. The lowest BCUT2D eigenvalue weighted by atomic mass is 9.63. The second-order valence-corrected chi connectivity index (χ2v) is 15.8. The van der Waals surface area contributed by atoms with E-state index in [0.29, 0.717) is 30.4 Å².